The maximum absolute atomic E-state index is 5.98. The second-order valence-electron chi connectivity index (χ2n) is 4.08. The van der Waals surface area contributed by atoms with E-state index in [2.05, 4.69) is 36.3 Å². The average molecular weight is 267 g/mol. The molecule has 0 saturated heterocycles. The molecule has 0 aliphatic heterocycles. The van der Waals surface area contributed by atoms with E-state index in [-0.39, 0.29) is 6.04 Å². The molecule has 0 aliphatic carbocycles. The van der Waals surface area contributed by atoms with Crippen molar-refractivity contribution in [3.8, 4) is 0 Å². The van der Waals surface area contributed by atoms with Crippen molar-refractivity contribution in [2.75, 3.05) is 7.05 Å². The highest BCUT2D eigenvalue weighted by molar-refractivity contribution is 7.16. The van der Waals surface area contributed by atoms with Crippen LogP contribution in [-0.4, -0.2) is 12.0 Å². The largest absolute Gasteiger partial charge is 0.307 e. The minimum atomic E-state index is 0.119. The van der Waals surface area contributed by atoms with Gasteiger partial charge in [0.05, 0.1) is 16.1 Å². The normalized spacial score (nSPS) is 12.7. The van der Waals surface area contributed by atoms with Crippen LogP contribution in [0, 0.1) is 13.8 Å². The van der Waals surface area contributed by atoms with Crippen molar-refractivity contribution < 1.29 is 0 Å². The first kappa shape index (κ1) is 12.6. The van der Waals surface area contributed by atoms with Crippen LogP contribution in [0.4, 0.5) is 0 Å². The van der Waals surface area contributed by atoms with Crippen molar-refractivity contribution in [1.82, 2.24) is 10.3 Å². The first-order chi connectivity index (χ1) is 8.11. The third-order valence-corrected chi connectivity index (χ3v) is 3.99. The van der Waals surface area contributed by atoms with Crippen molar-refractivity contribution in [2.24, 2.45) is 0 Å². The molecule has 0 spiro atoms. The molecule has 17 heavy (non-hydrogen) atoms. The van der Waals surface area contributed by atoms with Gasteiger partial charge in [0, 0.05) is 11.1 Å². The predicted octanol–water partition coefficient (Wildman–Crippen LogP) is 3.72. The lowest BCUT2D eigenvalue weighted by Crippen LogP contribution is -2.19. The molecule has 0 radical (unpaired) electrons. The summed E-state index contributed by atoms with van der Waals surface area (Å²) >= 11 is 7.58. The van der Waals surface area contributed by atoms with Crippen molar-refractivity contribution in [3.63, 3.8) is 0 Å². The highest BCUT2D eigenvalue weighted by atomic mass is 35.5. The van der Waals surface area contributed by atoms with Gasteiger partial charge in [0.15, 0.2) is 0 Å². The maximum Gasteiger partial charge on any atom is 0.0931 e. The summed E-state index contributed by atoms with van der Waals surface area (Å²) in [5.74, 6) is 0. The van der Waals surface area contributed by atoms with Crippen molar-refractivity contribution in [1.29, 1.82) is 0 Å². The molecule has 2 aromatic rings. The Hall–Kier alpha value is -0.900. The molecule has 1 N–H and O–H groups in total. The Labute approximate surface area is 111 Å². The van der Waals surface area contributed by atoms with Crippen molar-refractivity contribution in [3.05, 3.63) is 50.4 Å². The molecule has 0 saturated carbocycles. The van der Waals surface area contributed by atoms with Crippen LogP contribution in [0.15, 0.2) is 24.4 Å². The molecule has 0 bridgehead atoms. The van der Waals surface area contributed by atoms with Crippen LogP contribution >= 0.6 is 22.9 Å². The van der Waals surface area contributed by atoms with Gasteiger partial charge in [-0.15, -0.1) is 11.3 Å². The van der Waals surface area contributed by atoms with E-state index in [9.17, 15) is 0 Å². The molecule has 90 valence electrons. The van der Waals surface area contributed by atoms with Gasteiger partial charge in [-0.05, 0) is 44.2 Å². The second-order valence-corrected chi connectivity index (χ2v) is 5.83. The average Bonchev–Trinajstić information content (AvgIpc) is 2.69. The lowest BCUT2D eigenvalue weighted by Gasteiger charge is -2.16. The van der Waals surface area contributed by atoms with E-state index in [1.807, 2.05) is 19.3 Å². The van der Waals surface area contributed by atoms with E-state index in [0.717, 1.165) is 10.0 Å². The van der Waals surface area contributed by atoms with E-state index < -0.39 is 0 Å². The van der Waals surface area contributed by atoms with Gasteiger partial charge in [0.1, 0.15) is 0 Å². The number of aromatic nitrogens is 1. The summed E-state index contributed by atoms with van der Waals surface area (Å²) in [5.41, 5.74) is 3.45. The Morgan fingerprint density at radius 3 is 2.65 bits per heavy atom. The summed E-state index contributed by atoms with van der Waals surface area (Å²) in [6.07, 6.45) is 1.90. The SMILES string of the molecule is CNC(c1ccc(Cl)s1)c1ncc(C)cc1C. The number of hydrogen-bond donors (Lipinski definition) is 1. The molecular formula is C13H15ClN2S. The molecule has 0 amide bonds. The summed E-state index contributed by atoms with van der Waals surface area (Å²) in [6.45, 7) is 4.15. The number of rotatable bonds is 3. The number of aryl methyl sites for hydroxylation is 2. The van der Waals surface area contributed by atoms with Crippen LogP contribution < -0.4 is 5.32 Å². The monoisotopic (exact) mass is 266 g/mol. The zero-order valence-electron chi connectivity index (χ0n) is 10.1. The van der Waals surface area contributed by atoms with Crippen molar-refractivity contribution in [2.45, 2.75) is 19.9 Å². The maximum atomic E-state index is 5.98. The summed E-state index contributed by atoms with van der Waals surface area (Å²) in [4.78, 5) is 5.73. The topological polar surface area (TPSA) is 24.9 Å². The number of nitrogens with one attached hydrogen (secondary N) is 1. The molecule has 2 aromatic heterocycles. The summed E-state index contributed by atoms with van der Waals surface area (Å²) in [6, 6.07) is 6.25. The van der Waals surface area contributed by atoms with Gasteiger partial charge < -0.3 is 5.32 Å². The van der Waals surface area contributed by atoms with E-state index >= 15 is 0 Å². The summed E-state index contributed by atoms with van der Waals surface area (Å²) in [7, 11) is 1.94. The van der Waals surface area contributed by atoms with E-state index in [4.69, 9.17) is 11.6 Å². The Morgan fingerprint density at radius 2 is 2.12 bits per heavy atom. The Bertz CT molecular complexity index is 522. The molecule has 4 heteroatoms. The van der Waals surface area contributed by atoms with Crippen molar-refractivity contribution >= 4 is 22.9 Å². The fraction of sp³-hybridized carbons (Fsp3) is 0.308. The van der Waals surface area contributed by atoms with Crippen LogP contribution in [0.3, 0.4) is 0 Å². The molecular weight excluding hydrogens is 252 g/mol. The molecule has 1 atom stereocenters. The first-order valence-electron chi connectivity index (χ1n) is 5.47. The van der Waals surface area contributed by atoms with E-state index in [1.165, 1.54) is 16.0 Å². The highest BCUT2D eigenvalue weighted by Gasteiger charge is 2.17. The Kier molecular flexibility index (Phi) is 3.82. The van der Waals surface area contributed by atoms with Crippen LogP contribution in [0.5, 0.6) is 0 Å². The Morgan fingerprint density at radius 1 is 1.35 bits per heavy atom. The lowest BCUT2D eigenvalue weighted by molar-refractivity contribution is 0.676. The van der Waals surface area contributed by atoms with E-state index in [1.54, 1.807) is 11.3 Å². The smallest absolute Gasteiger partial charge is 0.0931 e. The first-order valence-corrected chi connectivity index (χ1v) is 6.67. The standard InChI is InChI=1S/C13H15ClN2S/c1-8-6-9(2)12(16-7-8)13(15-3)10-4-5-11(14)17-10/h4-7,13,15H,1-3H3. The van der Waals surface area contributed by atoms with Crippen LogP contribution in [0.2, 0.25) is 4.34 Å². The minimum Gasteiger partial charge on any atom is -0.307 e. The Balaban J connectivity index is 2.42. The van der Waals surface area contributed by atoms with Crippen LogP contribution in [0.1, 0.15) is 27.7 Å². The molecule has 0 fully saturated rings. The fourth-order valence-electron chi connectivity index (χ4n) is 1.93. The predicted molar refractivity (Wildman–Crippen MR) is 73.9 cm³/mol. The molecule has 1 unspecified atom stereocenters. The lowest BCUT2D eigenvalue weighted by atomic mass is 10.1. The molecule has 2 heterocycles. The highest BCUT2D eigenvalue weighted by Crippen LogP contribution is 2.31. The van der Waals surface area contributed by atoms with Gasteiger partial charge in [0.25, 0.3) is 0 Å². The third kappa shape index (κ3) is 2.68. The minimum absolute atomic E-state index is 0.119. The van der Waals surface area contributed by atoms with E-state index in [0.29, 0.717) is 0 Å². The number of hydrogen-bond acceptors (Lipinski definition) is 3. The number of halogens is 1. The molecule has 2 rings (SSSR count). The van der Waals surface area contributed by atoms with Gasteiger partial charge in [-0.1, -0.05) is 17.7 Å². The van der Waals surface area contributed by atoms with Gasteiger partial charge in [0.2, 0.25) is 0 Å². The van der Waals surface area contributed by atoms with Gasteiger partial charge >= 0.3 is 0 Å². The molecule has 0 aliphatic rings. The summed E-state index contributed by atoms with van der Waals surface area (Å²) in [5, 5.41) is 3.30. The molecule has 2 nitrogen and oxygen atoms in total. The number of thiophene rings is 1. The van der Waals surface area contributed by atoms with Gasteiger partial charge in [-0.3, -0.25) is 4.98 Å². The number of pyridine rings is 1. The number of nitrogens with zero attached hydrogens (tertiary/aromatic N) is 1. The zero-order chi connectivity index (χ0) is 12.4. The van der Waals surface area contributed by atoms with Crippen LogP contribution in [0.25, 0.3) is 0 Å². The van der Waals surface area contributed by atoms with Crippen LogP contribution in [-0.2, 0) is 0 Å². The van der Waals surface area contributed by atoms with Gasteiger partial charge in [-0.25, -0.2) is 0 Å². The van der Waals surface area contributed by atoms with Gasteiger partial charge in [-0.2, -0.15) is 0 Å². The zero-order valence-corrected chi connectivity index (χ0v) is 11.7. The second kappa shape index (κ2) is 5.17. The molecule has 0 aromatic carbocycles. The third-order valence-electron chi connectivity index (χ3n) is 2.70. The fourth-order valence-corrected chi connectivity index (χ4v) is 3.10. The summed E-state index contributed by atoms with van der Waals surface area (Å²) < 4.78 is 0.810. The quantitative estimate of drug-likeness (QED) is 0.916.